The van der Waals surface area contributed by atoms with Gasteiger partial charge in [0.15, 0.2) is 0 Å². The first-order chi connectivity index (χ1) is 5.66. The molecule has 0 amide bonds. The van der Waals surface area contributed by atoms with E-state index in [1.807, 2.05) is 47.6 Å². The summed E-state index contributed by atoms with van der Waals surface area (Å²) in [6.45, 7) is 0.823. The topological polar surface area (TPSA) is 32.3 Å². The lowest BCUT2D eigenvalue weighted by Crippen LogP contribution is -2.35. The summed E-state index contributed by atoms with van der Waals surface area (Å²) < 4.78 is 4.04. The van der Waals surface area contributed by atoms with Gasteiger partial charge in [0.1, 0.15) is 0 Å². The minimum atomic E-state index is 0.176. The third kappa shape index (κ3) is 1.58. The highest BCUT2D eigenvalue weighted by molar-refractivity contribution is 5.21. The largest absolute Gasteiger partial charge is 0.393 e. The number of anilines is 1. The molecule has 0 radical (unpaired) electrons. The molecule has 0 aliphatic rings. The summed E-state index contributed by atoms with van der Waals surface area (Å²) in [5.41, 5.74) is 0. The van der Waals surface area contributed by atoms with E-state index in [0.717, 1.165) is 5.95 Å². The summed E-state index contributed by atoms with van der Waals surface area (Å²) in [6.07, 6.45) is 3.94. The molecule has 4 nitrogen and oxygen atoms in total. The molecule has 1 aromatic rings. The van der Waals surface area contributed by atoms with Crippen LogP contribution in [-0.2, 0) is 13.6 Å². The van der Waals surface area contributed by atoms with Crippen LogP contribution in [-0.4, -0.2) is 30.4 Å². The van der Waals surface area contributed by atoms with Gasteiger partial charge in [0, 0.05) is 0 Å². The Bertz CT molecular complexity index is 255. The Kier molecular flexibility index (Phi) is 2.70. The van der Waals surface area contributed by atoms with E-state index >= 15 is 0 Å². The van der Waals surface area contributed by atoms with Crippen molar-refractivity contribution in [1.29, 1.82) is 0 Å². The Labute approximate surface area is 72.7 Å². The minimum Gasteiger partial charge on any atom is -0.393 e. The molecule has 0 spiro atoms. The van der Waals surface area contributed by atoms with Gasteiger partial charge in [-0.1, -0.05) is 0 Å². The molecular formula is C8H16N3O+. The van der Waals surface area contributed by atoms with Gasteiger partial charge in [-0.3, -0.25) is 4.90 Å². The zero-order valence-corrected chi connectivity index (χ0v) is 7.86. The molecule has 0 aliphatic carbocycles. The third-order valence-electron chi connectivity index (χ3n) is 1.78. The van der Waals surface area contributed by atoms with Crippen LogP contribution in [0.25, 0.3) is 0 Å². The number of imidazole rings is 1. The normalized spacial score (nSPS) is 10.3. The van der Waals surface area contributed by atoms with Crippen LogP contribution in [0.5, 0.6) is 0 Å². The van der Waals surface area contributed by atoms with Crippen molar-refractivity contribution in [2.45, 2.75) is 6.54 Å². The van der Waals surface area contributed by atoms with E-state index in [4.69, 9.17) is 5.11 Å². The number of aromatic nitrogens is 2. The lowest BCUT2D eigenvalue weighted by atomic mass is 10.6. The van der Waals surface area contributed by atoms with Gasteiger partial charge in [-0.2, -0.15) is 0 Å². The second-order valence-electron chi connectivity index (χ2n) is 3.02. The summed E-state index contributed by atoms with van der Waals surface area (Å²) in [5.74, 6) is 1.09. The average Bonchev–Trinajstić information content (AvgIpc) is 2.32. The van der Waals surface area contributed by atoms with Crippen molar-refractivity contribution in [3.63, 3.8) is 0 Å². The van der Waals surface area contributed by atoms with E-state index in [1.54, 1.807) is 0 Å². The standard InChI is InChI=1S/C8H16N3O/c1-9(2)8-10(3)4-5-11(8)6-7-12/h4-5,12H,6-7H2,1-3H3/q+1. The van der Waals surface area contributed by atoms with Gasteiger partial charge in [0.25, 0.3) is 0 Å². The first kappa shape index (κ1) is 9.06. The predicted molar refractivity (Wildman–Crippen MR) is 47.0 cm³/mol. The molecule has 0 saturated carbocycles. The number of aliphatic hydroxyl groups is 1. The van der Waals surface area contributed by atoms with E-state index in [2.05, 4.69) is 0 Å². The smallest absolute Gasteiger partial charge is 0.359 e. The maximum Gasteiger partial charge on any atom is 0.359 e. The molecule has 0 aromatic carbocycles. The molecule has 0 aliphatic heterocycles. The Morgan fingerprint density at radius 1 is 1.58 bits per heavy atom. The van der Waals surface area contributed by atoms with Crippen LogP contribution in [0.1, 0.15) is 0 Å². The lowest BCUT2D eigenvalue weighted by molar-refractivity contribution is -0.657. The summed E-state index contributed by atoms with van der Waals surface area (Å²) in [6, 6.07) is 0. The van der Waals surface area contributed by atoms with Crippen molar-refractivity contribution in [2.24, 2.45) is 7.05 Å². The Balaban J connectivity index is 2.95. The van der Waals surface area contributed by atoms with Crippen molar-refractivity contribution in [3.8, 4) is 0 Å². The molecule has 68 valence electrons. The molecule has 1 aromatic heterocycles. The van der Waals surface area contributed by atoms with E-state index in [1.165, 1.54) is 0 Å². The van der Waals surface area contributed by atoms with Crippen molar-refractivity contribution in [2.75, 3.05) is 25.6 Å². The second kappa shape index (κ2) is 3.58. The van der Waals surface area contributed by atoms with Gasteiger partial charge in [-0.05, 0) is 0 Å². The minimum absolute atomic E-state index is 0.176. The highest BCUT2D eigenvalue weighted by Gasteiger charge is 2.14. The van der Waals surface area contributed by atoms with Crippen LogP contribution in [0.4, 0.5) is 5.95 Å². The summed E-state index contributed by atoms with van der Waals surface area (Å²) in [4.78, 5) is 2.02. The summed E-state index contributed by atoms with van der Waals surface area (Å²) in [5, 5.41) is 8.79. The molecule has 0 bridgehead atoms. The number of aryl methyl sites for hydroxylation is 1. The van der Waals surface area contributed by atoms with E-state index in [9.17, 15) is 0 Å². The van der Waals surface area contributed by atoms with Crippen molar-refractivity contribution in [3.05, 3.63) is 12.4 Å². The van der Waals surface area contributed by atoms with E-state index in [-0.39, 0.29) is 6.61 Å². The predicted octanol–water partition coefficient (Wildman–Crippen LogP) is -0.629. The Hall–Kier alpha value is -1.03. The van der Waals surface area contributed by atoms with Crippen LogP contribution in [0, 0.1) is 0 Å². The maximum absolute atomic E-state index is 8.79. The van der Waals surface area contributed by atoms with Crippen molar-refractivity contribution < 1.29 is 9.67 Å². The van der Waals surface area contributed by atoms with Gasteiger partial charge >= 0.3 is 5.95 Å². The van der Waals surface area contributed by atoms with Gasteiger partial charge in [0.2, 0.25) is 0 Å². The van der Waals surface area contributed by atoms with Crippen LogP contribution in [0.3, 0.4) is 0 Å². The molecule has 12 heavy (non-hydrogen) atoms. The number of nitrogens with zero attached hydrogens (tertiary/aromatic N) is 3. The molecule has 0 saturated heterocycles. The maximum atomic E-state index is 8.79. The molecule has 0 fully saturated rings. The zero-order chi connectivity index (χ0) is 9.14. The van der Waals surface area contributed by atoms with Gasteiger partial charge < -0.3 is 5.11 Å². The highest BCUT2D eigenvalue weighted by atomic mass is 16.3. The number of hydrogen-bond acceptors (Lipinski definition) is 2. The van der Waals surface area contributed by atoms with Crippen LogP contribution in [0.15, 0.2) is 12.4 Å². The summed E-state index contributed by atoms with van der Waals surface area (Å²) in [7, 11) is 5.97. The fourth-order valence-corrected chi connectivity index (χ4v) is 1.37. The molecule has 0 unspecified atom stereocenters. The van der Waals surface area contributed by atoms with E-state index in [0.29, 0.717) is 6.54 Å². The van der Waals surface area contributed by atoms with Crippen LogP contribution < -0.4 is 9.47 Å². The fraction of sp³-hybridized carbons (Fsp3) is 0.625. The molecule has 1 heterocycles. The first-order valence-electron chi connectivity index (χ1n) is 3.99. The molecule has 1 N–H and O–H groups in total. The number of hydrogen-bond donors (Lipinski definition) is 1. The highest BCUT2D eigenvalue weighted by Crippen LogP contribution is 2.03. The molecule has 0 atom stereocenters. The van der Waals surface area contributed by atoms with Crippen LogP contribution >= 0.6 is 0 Å². The first-order valence-corrected chi connectivity index (χ1v) is 3.99. The average molecular weight is 170 g/mol. The third-order valence-corrected chi connectivity index (χ3v) is 1.78. The Morgan fingerprint density at radius 2 is 2.25 bits per heavy atom. The monoisotopic (exact) mass is 170 g/mol. The van der Waals surface area contributed by atoms with Gasteiger partial charge in [0.05, 0.1) is 46.7 Å². The molecule has 4 heteroatoms. The number of rotatable bonds is 3. The quantitative estimate of drug-likeness (QED) is 0.613. The van der Waals surface area contributed by atoms with Crippen molar-refractivity contribution >= 4 is 5.95 Å². The van der Waals surface area contributed by atoms with E-state index < -0.39 is 0 Å². The van der Waals surface area contributed by atoms with Gasteiger partial charge in [-0.25, -0.2) is 9.13 Å². The second-order valence-corrected chi connectivity index (χ2v) is 3.02. The lowest BCUT2D eigenvalue weighted by Gasteiger charge is -2.07. The summed E-state index contributed by atoms with van der Waals surface area (Å²) >= 11 is 0. The molecular weight excluding hydrogens is 154 g/mol. The Morgan fingerprint density at radius 3 is 2.75 bits per heavy atom. The zero-order valence-electron chi connectivity index (χ0n) is 7.86. The fourth-order valence-electron chi connectivity index (χ4n) is 1.37. The van der Waals surface area contributed by atoms with Crippen molar-refractivity contribution in [1.82, 2.24) is 4.57 Å². The SMILES string of the molecule is CN(C)c1n(CCO)cc[n+]1C. The number of aliphatic hydroxyl groups excluding tert-OH is 1. The van der Waals surface area contributed by atoms with Crippen LogP contribution in [0.2, 0.25) is 0 Å². The van der Waals surface area contributed by atoms with Gasteiger partial charge in [-0.15, -0.1) is 0 Å². The molecule has 1 rings (SSSR count).